The zero-order valence-corrected chi connectivity index (χ0v) is 23.7. The summed E-state index contributed by atoms with van der Waals surface area (Å²) in [6.45, 7) is 6.87. The topological polar surface area (TPSA) is 98.8 Å². The van der Waals surface area contributed by atoms with Crippen molar-refractivity contribution in [1.29, 1.82) is 0 Å². The minimum absolute atomic E-state index is 0.0930. The first-order valence-electron chi connectivity index (χ1n) is 14.3. The predicted molar refractivity (Wildman–Crippen MR) is 147 cm³/mol. The summed E-state index contributed by atoms with van der Waals surface area (Å²) in [6, 6.07) is 0. The van der Waals surface area contributed by atoms with E-state index in [1.54, 1.807) is 23.9 Å². The van der Waals surface area contributed by atoms with Crippen LogP contribution in [0.2, 0.25) is 0 Å². The van der Waals surface area contributed by atoms with Gasteiger partial charge in [0.25, 0.3) is 0 Å². The van der Waals surface area contributed by atoms with Gasteiger partial charge in [0.2, 0.25) is 23.6 Å². The maximum atomic E-state index is 12.1. The number of nitrogens with one attached hydrogen (secondary N) is 2. The highest BCUT2D eigenvalue weighted by Gasteiger charge is 2.14. The Hall–Kier alpha value is -2.12. The Morgan fingerprint density at radius 1 is 0.500 bits per heavy atom. The van der Waals surface area contributed by atoms with Crippen molar-refractivity contribution in [2.45, 2.75) is 117 Å². The van der Waals surface area contributed by atoms with Crippen molar-refractivity contribution in [3.63, 3.8) is 0 Å². The number of hydrogen-bond acceptors (Lipinski definition) is 4. The second-order valence-electron chi connectivity index (χ2n) is 9.93. The maximum Gasteiger partial charge on any atom is 0.231 e. The molecule has 0 radical (unpaired) electrons. The standard InChI is InChI=1S/C28H54N4O4/c1-5-7-9-13-17-21-31(3)27(35)23-25(33)29-19-15-11-12-16-20-30-26(34)24-28(36)32(4)22-18-14-10-8-6-2/h5-24H2,1-4H3,(H,29,33)(H,30,34). The van der Waals surface area contributed by atoms with Gasteiger partial charge >= 0.3 is 0 Å². The summed E-state index contributed by atoms with van der Waals surface area (Å²) in [5, 5.41) is 5.64. The Balaban J connectivity index is 3.69. The minimum atomic E-state index is -0.222. The van der Waals surface area contributed by atoms with Crippen LogP contribution in [0.3, 0.4) is 0 Å². The fourth-order valence-electron chi connectivity index (χ4n) is 3.88. The molecular formula is C28H54N4O4. The van der Waals surface area contributed by atoms with E-state index in [0.717, 1.165) is 51.4 Å². The van der Waals surface area contributed by atoms with Gasteiger partial charge in [0.05, 0.1) is 0 Å². The molecule has 0 aromatic heterocycles. The van der Waals surface area contributed by atoms with Crippen molar-refractivity contribution in [2.24, 2.45) is 0 Å². The van der Waals surface area contributed by atoms with Gasteiger partial charge in [0.15, 0.2) is 0 Å². The van der Waals surface area contributed by atoms with E-state index in [1.807, 2.05) is 0 Å². The number of amides is 4. The average molecular weight is 511 g/mol. The lowest BCUT2D eigenvalue weighted by atomic mass is 10.1. The third kappa shape index (κ3) is 20.1. The zero-order chi connectivity index (χ0) is 27.0. The average Bonchev–Trinajstić information content (AvgIpc) is 2.84. The van der Waals surface area contributed by atoms with Gasteiger partial charge in [-0.1, -0.05) is 78.1 Å². The second kappa shape index (κ2) is 23.3. The number of carbonyl (C=O) groups is 4. The lowest BCUT2D eigenvalue weighted by molar-refractivity contribution is -0.136. The monoisotopic (exact) mass is 510 g/mol. The first-order valence-corrected chi connectivity index (χ1v) is 14.3. The van der Waals surface area contributed by atoms with Crippen LogP contribution < -0.4 is 10.6 Å². The number of unbranched alkanes of at least 4 members (excludes halogenated alkanes) is 11. The third-order valence-electron chi connectivity index (χ3n) is 6.42. The van der Waals surface area contributed by atoms with Crippen molar-refractivity contribution < 1.29 is 19.2 Å². The molecule has 36 heavy (non-hydrogen) atoms. The van der Waals surface area contributed by atoms with Gasteiger partial charge in [-0.15, -0.1) is 0 Å². The molecule has 210 valence electrons. The molecule has 8 nitrogen and oxygen atoms in total. The smallest absolute Gasteiger partial charge is 0.231 e. The first kappa shape index (κ1) is 33.9. The molecule has 0 heterocycles. The van der Waals surface area contributed by atoms with Crippen molar-refractivity contribution in [2.75, 3.05) is 40.3 Å². The SMILES string of the molecule is CCCCCCCN(C)C(=O)CC(=O)NCCCCCCNC(=O)CC(=O)N(C)CCCCCCC. The lowest BCUT2D eigenvalue weighted by Crippen LogP contribution is -2.34. The molecule has 8 heteroatoms. The fraction of sp³-hybridized carbons (Fsp3) is 0.857. The van der Waals surface area contributed by atoms with Gasteiger partial charge in [0.1, 0.15) is 12.8 Å². The molecule has 0 bridgehead atoms. The Morgan fingerprint density at radius 3 is 1.19 bits per heavy atom. The molecule has 0 atom stereocenters. The quantitative estimate of drug-likeness (QED) is 0.157. The highest BCUT2D eigenvalue weighted by atomic mass is 16.2. The fourth-order valence-corrected chi connectivity index (χ4v) is 3.88. The van der Waals surface area contributed by atoms with Crippen LogP contribution in [-0.2, 0) is 19.2 Å². The van der Waals surface area contributed by atoms with Crippen LogP contribution in [0.4, 0.5) is 0 Å². The van der Waals surface area contributed by atoms with Crippen LogP contribution in [0.1, 0.15) is 117 Å². The summed E-state index contributed by atoms with van der Waals surface area (Å²) in [7, 11) is 3.52. The number of carbonyl (C=O) groups excluding carboxylic acids is 4. The normalized spacial score (nSPS) is 10.7. The molecule has 0 saturated carbocycles. The summed E-state index contributed by atoms with van der Waals surface area (Å²) in [4.78, 5) is 51.5. The van der Waals surface area contributed by atoms with Crippen molar-refractivity contribution in [1.82, 2.24) is 20.4 Å². The molecule has 0 aromatic rings. The molecule has 0 spiro atoms. The van der Waals surface area contributed by atoms with E-state index in [2.05, 4.69) is 24.5 Å². The summed E-state index contributed by atoms with van der Waals surface area (Å²) in [6.07, 6.45) is 14.8. The number of rotatable bonds is 23. The zero-order valence-electron chi connectivity index (χ0n) is 23.7. The van der Waals surface area contributed by atoms with E-state index >= 15 is 0 Å². The van der Waals surface area contributed by atoms with Crippen LogP contribution in [0.15, 0.2) is 0 Å². The Labute approximate surface area is 220 Å². The molecule has 0 saturated heterocycles. The Bertz CT molecular complexity index is 560. The number of nitrogens with zero attached hydrogens (tertiary/aromatic N) is 2. The van der Waals surface area contributed by atoms with Gasteiger partial charge in [-0.3, -0.25) is 19.2 Å². The van der Waals surface area contributed by atoms with E-state index in [1.165, 1.54) is 38.5 Å². The van der Waals surface area contributed by atoms with Crippen molar-refractivity contribution in [3.8, 4) is 0 Å². The van der Waals surface area contributed by atoms with E-state index in [0.29, 0.717) is 26.2 Å². The molecule has 4 amide bonds. The van der Waals surface area contributed by atoms with Crippen molar-refractivity contribution >= 4 is 23.6 Å². The third-order valence-corrected chi connectivity index (χ3v) is 6.42. The maximum absolute atomic E-state index is 12.1. The first-order chi connectivity index (χ1) is 17.3. The van der Waals surface area contributed by atoms with Crippen LogP contribution in [-0.4, -0.2) is 73.7 Å². The van der Waals surface area contributed by atoms with E-state index in [-0.39, 0.29) is 36.5 Å². The molecule has 0 unspecified atom stereocenters. The van der Waals surface area contributed by atoms with Crippen LogP contribution >= 0.6 is 0 Å². The molecule has 0 aliphatic heterocycles. The Kier molecular flexibility index (Phi) is 21.9. The highest BCUT2D eigenvalue weighted by molar-refractivity contribution is 5.97. The summed E-state index contributed by atoms with van der Waals surface area (Å²) in [5.41, 5.74) is 0. The molecule has 0 aromatic carbocycles. The molecule has 2 N–H and O–H groups in total. The van der Waals surface area contributed by atoms with Gasteiger partial charge in [0, 0.05) is 40.3 Å². The summed E-state index contributed by atoms with van der Waals surface area (Å²) < 4.78 is 0. The van der Waals surface area contributed by atoms with Gasteiger partial charge < -0.3 is 20.4 Å². The van der Waals surface area contributed by atoms with E-state index in [9.17, 15) is 19.2 Å². The van der Waals surface area contributed by atoms with Gasteiger partial charge in [-0.2, -0.15) is 0 Å². The van der Waals surface area contributed by atoms with Crippen LogP contribution in [0.25, 0.3) is 0 Å². The van der Waals surface area contributed by atoms with Gasteiger partial charge in [-0.25, -0.2) is 0 Å². The van der Waals surface area contributed by atoms with E-state index in [4.69, 9.17) is 0 Å². The highest BCUT2D eigenvalue weighted by Crippen LogP contribution is 2.05. The van der Waals surface area contributed by atoms with Gasteiger partial charge in [-0.05, 0) is 25.7 Å². The molecular weight excluding hydrogens is 456 g/mol. The van der Waals surface area contributed by atoms with Crippen LogP contribution in [0.5, 0.6) is 0 Å². The van der Waals surface area contributed by atoms with Crippen LogP contribution in [0, 0.1) is 0 Å². The Morgan fingerprint density at radius 2 is 0.833 bits per heavy atom. The lowest BCUT2D eigenvalue weighted by Gasteiger charge is -2.17. The van der Waals surface area contributed by atoms with E-state index < -0.39 is 0 Å². The number of hydrogen-bond donors (Lipinski definition) is 2. The molecule has 0 aliphatic rings. The summed E-state index contributed by atoms with van der Waals surface area (Å²) in [5.74, 6) is -0.702. The van der Waals surface area contributed by atoms with Crippen molar-refractivity contribution in [3.05, 3.63) is 0 Å². The largest absolute Gasteiger partial charge is 0.356 e. The molecule has 0 aliphatic carbocycles. The predicted octanol–water partition coefficient (Wildman–Crippen LogP) is 4.42. The summed E-state index contributed by atoms with van der Waals surface area (Å²) >= 11 is 0. The molecule has 0 rings (SSSR count). The molecule has 0 fully saturated rings. The second-order valence-corrected chi connectivity index (χ2v) is 9.93. The minimum Gasteiger partial charge on any atom is -0.356 e.